The summed E-state index contributed by atoms with van der Waals surface area (Å²) in [4.78, 5) is -0.140. The summed E-state index contributed by atoms with van der Waals surface area (Å²) < 4.78 is 45.6. The predicted octanol–water partition coefficient (Wildman–Crippen LogP) is 3.52. The topological polar surface area (TPSA) is 46.6 Å². The fourth-order valence-electron chi connectivity index (χ4n) is 2.18. The van der Waals surface area contributed by atoms with Gasteiger partial charge in [0.05, 0.1) is 24.2 Å². The van der Waals surface area contributed by atoms with Crippen molar-refractivity contribution in [1.82, 2.24) is 0 Å². The first kappa shape index (κ1) is 17.0. The second kappa shape index (κ2) is 6.83. The quantitative estimate of drug-likeness (QED) is 0.759. The van der Waals surface area contributed by atoms with Gasteiger partial charge in [-0.25, -0.2) is 12.8 Å². The summed E-state index contributed by atoms with van der Waals surface area (Å²) in [6, 6.07) is 10.7. The lowest BCUT2D eigenvalue weighted by atomic mass is 10.2. The second-order valence-corrected chi connectivity index (χ2v) is 6.82. The Bertz CT molecular complexity index is 818. The number of sulfonamides is 1. The lowest BCUT2D eigenvalue weighted by Crippen LogP contribution is -2.31. The van der Waals surface area contributed by atoms with E-state index in [0.717, 1.165) is 11.6 Å². The Kier molecular flexibility index (Phi) is 5.05. The molecule has 0 amide bonds. The van der Waals surface area contributed by atoms with Gasteiger partial charge in [-0.05, 0) is 42.8 Å². The Hall–Kier alpha value is -2.34. The Morgan fingerprint density at radius 2 is 2.00 bits per heavy atom. The van der Waals surface area contributed by atoms with Crippen LogP contribution in [0.2, 0.25) is 0 Å². The molecule has 4 nitrogen and oxygen atoms in total. The molecule has 0 atom stereocenters. The summed E-state index contributed by atoms with van der Waals surface area (Å²) in [6.45, 7) is 5.55. The fraction of sp³-hybridized carbons (Fsp3) is 0.176. The minimum Gasteiger partial charge on any atom is -0.494 e. The van der Waals surface area contributed by atoms with E-state index in [1.54, 1.807) is 18.2 Å². The van der Waals surface area contributed by atoms with Crippen LogP contribution in [0.25, 0.3) is 0 Å². The molecule has 0 saturated carbocycles. The number of hydrogen-bond donors (Lipinski definition) is 0. The molecule has 0 N–H and O–H groups in total. The van der Waals surface area contributed by atoms with Crippen molar-refractivity contribution in [2.75, 3.05) is 18.0 Å². The summed E-state index contributed by atoms with van der Waals surface area (Å²) in [5.41, 5.74) is 1.42. The zero-order valence-electron chi connectivity index (χ0n) is 13.0. The normalized spacial score (nSPS) is 11.1. The number of hydrogen-bond acceptors (Lipinski definition) is 3. The van der Waals surface area contributed by atoms with Crippen molar-refractivity contribution < 1.29 is 17.5 Å². The highest BCUT2D eigenvalue weighted by atomic mass is 32.2. The Morgan fingerprint density at radius 1 is 1.26 bits per heavy atom. The maximum Gasteiger partial charge on any atom is 0.264 e. The van der Waals surface area contributed by atoms with Crippen molar-refractivity contribution in [3.8, 4) is 5.75 Å². The Morgan fingerprint density at radius 3 is 2.57 bits per heavy atom. The molecule has 0 fully saturated rings. The number of anilines is 1. The first-order valence-electron chi connectivity index (χ1n) is 6.94. The summed E-state index contributed by atoms with van der Waals surface area (Å²) in [5, 5.41) is 0. The number of rotatable bonds is 6. The van der Waals surface area contributed by atoms with E-state index in [2.05, 4.69) is 6.58 Å². The molecule has 0 unspecified atom stereocenters. The van der Waals surface area contributed by atoms with Gasteiger partial charge in [0, 0.05) is 0 Å². The zero-order chi connectivity index (χ0) is 17.0. The van der Waals surface area contributed by atoms with E-state index in [9.17, 15) is 12.8 Å². The van der Waals surface area contributed by atoms with Gasteiger partial charge in [0.25, 0.3) is 10.0 Å². The molecule has 0 aromatic heterocycles. The van der Waals surface area contributed by atoms with Crippen LogP contribution in [0.3, 0.4) is 0 Å². The first-order chi connectivity index (χ1) is 10.9. The highest BCUT2D eigenvalue weighted by Gasteiger charge is 2.25. The van der Waals surface area contributed by atoms with E-state index in [4.69, 9.17) is 4.74 Å². The number of ether oxygens (including phenoxy) is 1. The number of aryl methyl sites for hydroxylation is 1. The highest BCUT2D eigenvalue weighted by Crippen LogP contribution is 2.27. The molecule has 122 valence electrons. The molecule has 2 aromatic rings. The summed E-state index contributed by atoms with van der Waals surface area (Å²) in [6.07, 6.45) is 1.49. The standard InChI is InChI=1S/C17H18FNO3S/c1-4-10-19(14-7-5-6-13(2)11-14)23(20,21)15-8-9-17(22-3)16(18)12-15/h4-9,11-12H,1,10H2,2-3H3. The highest BCUT2D eigenvalue weighted by molar-refractivity contribution is 7.92. The molecular weight excluding hydrogens is 317 g/mol. The van der Waals surface area contributed by atoms with Gasteiger partial charge in [-0.1, -0.05) is 18.2 Å². The molecule has 0 aliphatic carbocycles. The minimum atomic E-state index is -3.91. The molecule has 2 aromatic carbocycles. The monoisotopic (exact) mass is 335 g/mol. The molecule has 6 heteroatoms. The van der Waals surface area contributed by atoms with Gasteiger partial charge in [-0.3, -0.25) is 4.31 Å². The number of benzene rings is 2. The van der Waals surface area contributed by atoms with E-state index < -0.39 is 15.8 Å². The molecule has 0 heterocycles. The minimum absolute atomic E-state index is 0.00484. The smallest absolute Gasteiger partial charge is 0.264 e. The van der Waals surface area contributed by atoms with Crippen molar-refractivity contribution in [2.24, 2.45) is 0 Å². The number of methoxy groups -OCH3 is 1. The van der Waals surface area contributed by atoms with Gasteiger partial charge in [0.2, 0.25) is 0 Å². The van der Waals surface area contributed by atoms with Crippen LogP contribution in [0.4, 0.5) is 10.1 Å². The van der Waals surface area contributed by atoms with Crippen LogP contribution >= 0.6 is 0 Å². The molecular formula is C17H18FNO3S. The largest absolute Gasteiger partial charge is 0.494 e. The lowest BCUT2D eigenvalue weighted by Gasteiger charge is -2.23. The van der Waals surface area contributed by atoms with Crippen molar-refractivity contribution >= 4 is 15.7 Å². The van der Waals surface area contributed by atoms with Gasteiger partial charge in [0.1, 0.15) is 0 Å². The van der Waals surface area contributed by atoms with Gasteiger partial charge < -0.3 is 4.74 Å². The maximum atomic E-state index is 13.9. The van der Waals surface area contributed by atoms with Crippen LogP contribution in [-0.2, 0) is 10.0 Å². The van der Waals surface area contributed by atoms with Crippen molar-refractivity contribution in [1.29, 1.82) is 0 Å². The van der Waals surface area contributed by atoms with Gasteiger partial charge in [-0.2, -0.15) is 0 Å². The third-order valence-corrected chi connectivity index (χ3v) is 5.09. The van der Waals surface area contributed by atoms with Crippen molar-refractivity contribution in [3.63, 3.8) is 0 Å². The third kappa shape index (κ3) is 3.53. The molecule has 0 aliphatic rings. The van der Waals surface area contributed by atoms with Gasteiger partial charge >= 0.3 is 0 Å². The molecule has 2 rings (SSSR count). The van der Waals surface area contributed by atoms with Crippen LogP contribution in [0.5, 0.6) is 5.75 Å². The summed E-state index contributed by atoms with van der Waals surface area (Å²) in [7, 11) is -2.59. The van der Waals surface area contributed by atoms with Gasteiger partial charge in [-0.15, -0.1) is 6.58 Å². The van der Waals surface area contributed by atoms with Crippen LogP contribution < -0.4 is 9.04 Å². The SMILES string of the molecule is C=CCN(c1cccc(C)c1)S(=O)(=O)c1ccc(OC)c(F)c1. The van der Waals surface area contributed by atoms with E-state index >= 15 is 0 Å². The average molecular weight is 335 g/mol. The lowest BCUT2D eigenvalue weighted by molar-refractivity contribution is 0.385. The van der Waals surface area contributed by atoms with Crippen LogP contribution in [-0.4, -0.2) is 22.1 Å². The van der Waals surface area contributed by atoms with E-state index in [0.29, 0.717) is 5.69 Å². The summed E-state index contributed by atoms with van der Waals surface area (Å²) in [5.74, 6) is -0.730. The molecule has 23 heavy (non-hydrogen) atoms. The number of halogens is 1. The van der Waals surface area contributed by atoms with Crippen LogP contribution in [0.15, 0.2) is 60.0 Å². The average Bonchev–Trinajstić information content (AvgIpc) is 2.52. The van der Waals surface area contributed by atoms with Crippen molar-refractivity contribution in [2.45, 2.75) is 11.8 Å². The Labute approximate surface area is 135 Å². The van der Waals surface area contributed by atoms with E-state index in [1.165, 1.54) is 29.6 Å². The fourth-order valence-corrected chi connectivity index (χ4v) is 3.62. The predicted molar refractivity (Wildman–Crippen MR) is 88.9 cm³/mol. The van der Waals surface area contributed by atoms with Crippen LogP contribution in [0.1, 0.15) is 5.56 Å². The second-order valence-electron chi connectivity index (χ2n) is 4.96. The third-order valence-electron chi connectivity index (χ3n) is 3.30. The first-order valence-corrected chi connectivity index (χ1v) is 8.38. The number of nitrogens with zero attached hydrogens (tertiary/aromatic N) is 1. The molecule has 0 radical (unpaired) electrons. The molecule has 0 spiro atoms. The van der Waals surface area contributed by atoms with E-state index in [-0.39, 0.29) is 17.2 Å². The van der Waals surface area contributed by atoms with Gasteiger partial charge in [0.15, 0.2) is 11.6 Å². The maximum absolute atomic E-state index is 13.9. The molecule has 0 bridgehead atoms. The van der Waals surface area contributed by atoms with Crippen molar-refractivity contribution in [3.05, 3.63) is 66.5 Å². The van der Waals surface area contributed by atoms with Crippen LogP contribution in [0, 0.1) is 12.7 Å². The zero-order valence-corrected chi connectivity index (χ0v) is 13.8. The van der Waals surface area contributed by atoms with E-state index in [1.807, 2.05) is 13.0 Å². The molecule has 0 aliphatic heterocycles. The Balaban J connectivity index is 2.53. The molecule has 0 saturated heterocycles. The summed E-state index contributed by atoms with van der Waals surface area (Å²) >= 11 is 0.